The van der Waals surface area contributed by atoms with Crippen molar-refractivity contribution in [1.82, 2.24) is 31.6 Å². The minimum Gasteiger partial charge on any atom is -0.481 e. The molecule has 0 bridgehead atoms. The van der Waals surface area contributed by atoms with Gasteiger partial charge in [-0.05, 0) is 69.4 Å². The first-order valence-corrected chi connectivity index (χ1v) is 19.2. The third-order valence-corrected chi connectivity index (χ3v) is 8.93. The van der Waals surface area contributed by atoms with Crippen LogP contribution in [0.4, 0.5) is 15.3 Å². The maximum Gasteiger partial charge on any atom is 0.408 e. The number of anilines is 1. The van der Waals surface area contributed by atoms with Crippen molar-refractivity contribution in [3.05, 3.63) is 102 Å². The van der Waals surface area contributed by atoms with Gasteiger partial charge in [0.15, 0.2) is 0 Å². The van der Waals surface area contributed by atoms with E-state index in [9.17, 15) is 38.7 Å². The van der Waals surface area contributed by atoms with Gasteiger partial charge in [-0.3, -0.25) is 24.0 Å². The number of carboxylic acid groups (broad SMARTS) is 1. The highest BCUT2D eigenvalue weighted by Gasteiger charge is 2.33. The van der Waals surface area contributed by atoms with Crippen molar-refractivity contribution in [2.45, 2.75) is 89.1 Å². The maximum absolute atomic E-state index is 14.1. The van der Waals surface area contributed by atoms with Crippen LogP contribution in [0.1, 0.15) is 57.6 Å². The lowest BCUT2D eigenvalue weighted by molar-refractivity contribution is -0.141. The third kappa shape index (κ3) is 15.2. The minimum atomic E-state index is -1.68. The van der Waals surface area contributed by atoms with Gasteiger partial charge in [-0.1, -0.05) is 66.7 Å². The minimum absolute atomic E-state index is 0.00814. The van der Waals surface area contributed by atoms with E-state index < -0.39 is 77.9 Å². The second kappa shape index (κ2) is 21.6. The van der Waals surface area contributed by atoms with Crippen molar-refractivity contribution in [2.24, 2.45) is 5.73 Å². The summed E-state index contributed by atoms with van der Waals surface area (Å²) in [6.45, 7) is 5.20. The molecule has 0 radical (unpaired) electrons. The molecule has 4 aromatic rings. The standard InChI is InChI=1S/C42H52N8O9/c1-42(2,3)59-41(58)50-33(23-27-25-45-30-19-11-10-18-29(27)30)38(55)47-31(20-12-13-21-44-40(57)46-28-16-8-5-9-17-28)37(54)49-34(24-35(51)52)39(56)48-32(36(43)53)22-26-14-6-4-7-15-26/h4-11,14-19,25,31-34,45H,12-13,20-24H2,1-3H3,(H2,43,53)(H,47,55)(H,48,56)(H,49,54)(H,50,58)(H,51,52)(H2,44,46,57)/t31-,32?,33?,34?/m0/s1. The SMILES string of the molecule is CC(C)(C)OC(=O)NC(Cc1c[nH]c2ccccc12)C(=O)N[C@@H](CCCCNC(=O)Nc1ccccc1)C(=O)NC(CC(=O)O)C(=O)NC(Cc1ccccc1)C(N)=O. The monoisotopic (exact) mass is 812 g/mol. The van der Waals surface area contributed by atoms with E-state index in [2.05, 4.69) is 36.9 Å². The number of carbonyl (C=O) groups is 7. The van der Waals surface area contributed by atoms with Crippen LogP contribution >= 0.6 is 0 Å². The number of nitrogens with one attached hydrogen (secondary N) is 7. The average molecular weight is 813 g/mol. The highest BCUT2D eigenvalue weighted by molar-refractivity contribution is 5.97. The molecule has 59 heavy (non-hydrogen) atoms. The number of H-pyrrole nitrogens is 1. The first-order chi connectivity index (χ1) is 28.1. The van der Waals surface area contributed by atoms with Gasteiger partial charge >= 0.3 is 18.1 Å². The lowest BCUT2D eigenvalue weighted by Crippen LogP contribution is -2.59. The summed E-state index contributed by atoms with van der Waals surface area (Å²) in [7, 11) is 0. The zero-order valence-electron chi connectivity index (χ0n) is 33.2. The second-order valence-electron chi connectivity index (χ2n) is 14.9. The summed E-state index contributed by atoms with van der Waals surface area (Å²) in [5.74, 6) is -4.96. The van der Waals surface area contributed by atoms with Crippen molar-refractivity contribution >= 4 is 58.3 Å². The molecule has 17 nitrogen and oxygen atoms in total. The molecule has 0 saturated carbocycles. The van der Waals surface area contributed by atoms with Crippen LogP contribution in [0.5, 0.6) is 0 Å². The number of alkyl carbamates (subject to hydrolysis) is 1. The van der Waals surface area contributed by atoms with Gasteiger partial charge < -0.3 is 52.5 Å². The summed E-state index contributed by atoms with van der Waals surface area (Å²) in [4.78, 5) is 94.4. The first-order valence-electron chi connectivity index (χ1n) is 19.2. The fourth-order valence-electron chi connectivity index (χ4n) is 6.09. The van der Waals surface area contributed by atoms with E-state index in [-0.39, 0.29) is 32.2 Å². The predicted octanol–water partition coefficient (Wildman–Crippen LogP) is 3.25. The predicted molar refractivity (Wildman–Crippen MR) is 220 cm³/mol. The first kappa shape index (κ1) is 44.8. The van der Waals surface area contributed by atoms with Crippen LogP contribution in [0.2, 0.25) is 0 Å². The van der Waals surface area contributed by atoms with Crippen LogP contribution < -0.4 is 37.6 Å². The third-order valence-electron chi connectivity index (χ3n) is 8.93. The summed E-state index contributed by atoms with van der Waals surface area (Å²) in [5.41, 5.74) is 7.43. The molecule has 0 spiro atoms. The largest absolute Gasteiger partial charge is 0.481 e. The average Bonchev–Trinajstić information content (AvgIpc) is 3.58. The molecule has 0 aliphatic rings. The van der Waals surface area contributed by atoms with Gasteiger partial charge in [0.25, 0.3) is 0 Å². The molecule has 4 rings (SSSR count). The molecule has 0 aliphatic carbocycles. The number of aromatic amines is 1. The lowest BCUT2D eigenvalue weighted by Gasteiger charge is -2.27. The number of ether oxygens (including phenoxy) is 1. The number of rotatable bonds is 20. The van der Waals surface area contributed by atoms with Crippen LogP contribution in [-0.2, 0) is 41.6 Å². The van der Waals surface area contributed by atoms with Gasteiger partial charge in [-0.25, -0.2) is 9.59 Å². The van der Waals surface area contributed by atoms with Crippen LogP contribution in [-0.4, -0.2) is 88.1 Å². The number of para-hydroxylation sites is 2. The van der Waals surface area contributed by atoms with Crippen LogP contribution in [0.15, 0.2) is 91.1 Å². The molecule has 314 valence electrons. The number of primary amides is 1. The molecule has 3 unspecified atom stereocenters. The van der Waals surface area contributed by atoms with Crippen LogP contribution in [0.3, 0.4) is 0 Å². The van der Waals surface area contributed by atoms with Gasteiger partial charge in [0, 0.05) is 42.2 Å². The van der Waals surface area contributed by atoms with E-state index in [0.29, 0.717) is 23.2 Å². The number of carboxylic acids is 1. The molecule has 3 aromatic carbocycles. The van der Waals surface area contributed by atoms with Crippen molar-refractivity contribution in [1.29, 1.82) is 0 Å². The van der Waals surface area contributed by atoms with Crippen molar-refractivity contribution < 1.29 is 43.4 Å². The van der Waals surface area contributed by atoms with Crippen molar-refractivity contribution in [3.8, 4) is 0 Å². The van der Waals surface area contributed by atoms with Gasteiger partial charge in [-0.2, -0.15) is 0 Å². The number of aromatic nitrogens is 1. The molecule has 1 heterocycles. The van der Waals surface area contributed by atoms with E-state index in [0.717, 1.165) is 10.9 Å². The Labute approximate surface area is 341 Å². The number of aliphatic carboxylic acids is 1. The summed E-state index contributed by atoms with van der Waals surface area (Å²) in [5, 5.41) is 26.1. The fourth-order valence-corrected chi connectivity index (χ4v) is 6.09. The normalized spacial score (nSPS) is 13.1. The van der Waals surface area contributed by atoms with Crippen LogP contribution in [0, 0.1) is 0 Å². The van der Waals surface area contributed by atoms with E-state index in [1.54, 1.807) is 81.6 Å². The quantitative estimate of drug-likeness (QED) is 0.0593. The number of hydrogen-bond acceptors (Lipinski definition) is 8. The number of unbranched alkanes of at least 4 members (excludes halogenated alkanes) is 1. The molecule has 4 atom stereocenters. The lowest BCUT2D eigenvalue weighted by atomic mass is 10.0. The Morgan fingerprint density at radius 3 is 1.97 bits per heavy atom. The number of benzene rings is 3. The van der Waals surface area contributed by atoms with Crippen molar-refractivity contribution in [3.63, 3.8) is 0 Å². The summed E-state index contributed by atoms with van der Waals surface area (Å²) in [6, 6.07) is 18.9. The highest BCUT2D eigenvalue weighted by Crippen LogP contribution is 2.20. The number of nitrogens with two attached hydrogens (primary N) is 1. The summed E-state index contributed by atoms with van der Waals surface area (Å²) < 4.78 is 5.44. The summed E-state index contributed by atoms with van der Waals surface area (Å²) >= 11 is 0. The van der Waals surface area contributed by atoms with E-state index in [1.807, 2.05) is 30.3 Å². The highest BCUT2D eigenvalue weighted by atomic mass is 16.6. The molecule has 7 amide bonds. The van der Waals surface area contributed by atoms with Gasteiger partial charge in [-0.15, -0.1) is 0 Å². The van der Waals surface area contributed by atoms with Crippen LogP contribution in [0.25, 0.3) is 10.9 Å². The zero-order chi connectivity index (χ0) is 43.0. The molecule has 0 aliphatic heterocycles. The number of amides is 7. The van der Waals surface area contributed by atoms with Crippen molar-refractivity contribution in [2.75, 3.05) is 11.9 Å². The van der Waals surface area contributed by atoms with Gasteiger partial charge in [0.05, 0.1) is 6.42 Å². The Balaban J connectivity index is 1.53. The molecule has 1 aromatic heterocycles. The maximum atomic E-state index is 14.1. The molecular weight excluding hydrogens is 761 g/mol. The molecular formula is C42H52N8O9. The Kier molecular flexibility index (Phi) is 16.4. The second-order valence-corrected chi connectivity index (χ2v) is 14.9. The Morgan fingerprint density at radius 1 is 0.712 bits per heavy atom. The Bertz CT molecular complexity index is 2070. The summed E-state index contributed by atoms with van der Waals surface area (Å²) in [6.07, 6.45) is 0.570. The number of fused-ring (bicyclic) bond motifs is 1. The smallest absolute Gasteiger partial charge is 0.408 e. The number of carbonyl (C=O) groups excluding carboxylic acids is 6. The van der Waals surface area contributed by atoms with Gasteiger partial charge in [0.1, 0.15) is 29.8 Å². The molecule has 0 saturated heterocycles. The zero-order valence-corrected chi connectivity index (χ0v) is 33.2. The molecule has 0 fully saturated rings. The number of hydrogen-bond donors (Lipinski definition) is 9. The Morgan fingerprint density at radius 2 is 1.31 bits per heavy atom. The topological polar surface area (TPSA) is 263 Å². The van der Waals surface area contributed by atoms with Gasteiger partial charge in [0.2, 0.25) is 23.6 Å². The molecule has 10 N–H and O–H groups in total. The van der Waals surface area contributed by atoms with E-state index in [1.165, 1.54) is 0 Å². The number of urea groups is 1. The fraction of sp³-hybridized carbons (Fsp3) is 0.357. The van der Waals surface area contributed by atoms with E-state index in [4.69, 9.17) is 10.5 Å². The molecule has 17 heteroatoms. The Hall–Kier alpha value is -6.91. The van der Waals surface area contributed by atoms with E-state index >= 15 is 0 Å².